The van der Waals surface area contributed by atoms with Gasteiger partial charge in [-0.05, 0) is 44.0 Å². The first-order valence-electron chi connectivity index (χ1n) is 7.86. The highest BCUT2D eigenvalue weighted by molar-refractivity contribution is 9.10. The van der Waals surface area contributed by atoms with E-state index in [1.165, 1.54) is 0 Å². The van der Waals surface area contributed by atoms with E-state index in [2.05, 4.69) is 52.5 Å². The average Bonchev–Trinajstić information content (AvgIpc) is 2.96. The molecule has 2 rings (SSSR count). The molecule has 116 valence electrons. The molecule has 1 aliphatic rings. The second-order valence-electron chi connectivity index (χ2n) is 5.96. The molecule has 1 amide bonds. The maximum absolute atomic E-state index is 12.8. The molecule has 0 radical (unpaired) electrons. The first kappa shape index (κ1) is 16.5. The van der Waals surface area contributed by atoms with Crippen LogP contribution in [0.5, 0.6) is 0 Å². The SMILES string of the molecule is CCN[C@H](C)CNC(=O)C1(c2ccc(Br)cc2)CCCC1. The van der Waals surface area contributed by atoms with Crippen molar-refractivity contribution in [3.63, 3.8) is 0 Å². The number of hydrogen-bond acceptors (Lipinski definition) is 2. The normalized spacial score (nSPS) is 18.4. The lowest BCUT2D eigenvalue weighted by Gasteiger charge is -2.29. The molecule has 1 aliphatic carbocycles. The van der Waals surface area contributed by atoms with Gasteiger partial charge in [-0.15, -0.1) is 0 Å². The zero-order valence-corrected chi connectivity index (χ0v) is 14.5. The van der Waals surface area contributed by atoms with Crippen molar-refractivity contribution in [3.05, 3.63) is 34.3 Å². The third-order valence-electron chi connectivity index (χ3n) is 4.41. The molecule has 21 heavy (non-hydrogen) atoms. The number of likely N-dealkylation sites (N-methyl/N-ethyl adjacent to an activating group) is 1. The summed E-state index contributed by atoms with van der Waals surface area (Å²) in [7, 11) is 0. The van der Waals surface area contributed by atoms with Gasteiger partial charge in [-0.25, -0.2) is 0 Å². The number of carbonyl (C=O) groups is 1. The number of amides is 1. The summed E-state index contributed by atoms with van der Waals surface area (Å²) in [5.41, 5.74) is 0.823. The molecule has 0 saturated heterocycles. The Morgan fingerprint density at radius 1 is 1.29 bits per heavy atom. The van der Waals surface area contributed by atoms with Gasteiger partial charge >= 0.3 is 0 Å². The highest BCUT2D eigenvalue weighted by Gasteiger charge is 2.42. The summed E-state index contributed by atoms with van der Waals surface area (Å²) in [5.74, 6) is 0.187. The van der Waals surface area contributed by atoms with Crippen molar-refractivity contribution in [1.29, 1.82) is 0 Å². The van der Waals surface area contributed by atoms with Crippen LogP contribution in [-0.2, 0) is 10.2 Å². The molecule has 1 aromatic rings. The third-order valence-corrected chi connectivity index (χ3v) is 4.94. The highest BCUT2D eigenvalue weighted by atomic mass is 79.9. The molecule has 0 bridgehead atoms. The zero-order valence-electron chi connectivity index (χ0n) is 12.9. The maximum atomic E-state index is 12.8. The Morgan fingerprint density at radius 2 is 1.90 bits per heavy atom. The molecule has 1 fully saturated rings. The lowest BCUT2D eigenvalue weighted by Crippen LogP contribution is -2.47. The van der Waals surface area contributed by atoms with Crippen LogP contribution in [0.4, 0.5) is 0 Å². The summed E-state index contributed by atoms with van der Waals surface area (Å²) in [5, 5.41) is 6.48. The van der Waals surface area contributed by atoms with Crippen LogP contribution in [0.2, 0.25) is 0 Å². The largest absolute Gasteiger partial charge is 0.354 e. The number of hydrogen-bond donors (Lipinski definition) is 2. The van der Waals surface area contributed by atoms with E-state index in [1.54, 1.807) is 0 Å². The van der Waals surface area contributed by atoms with Crippen LogP contribution in [0.3, 0.4) is 0 Å². The van der Waals surface area contributed by atoms with E-state index in [0.717, 1.165) is 42.3 Å². The van der Waals surface area contributed by atoms with Gasteiger partial charge in [0.1, 0.15) is 0 Å². The lowest BCUT2D eigenvalue weighted by atomic mass is 9.78. The Bertz CT molecular complexity index is 466. The van der Waals surface area contributed by atoms with Crippen LogP contribution in [0.1, 0.15) is 45.1 Å². The minimum Gasteiger partial charge on any atom is -0.354 e. The molecule has 2 N–H and O–H groups in total. The van der Waals surface area contributed by atoms with Gasteiger partial charge in [0.2, 0.25) is 5.91 Å². The van der Waals surface area contributed by atoms with Crippen LogP contribution in [-0.4, -0.2) is 25.0 Å². The maximum Gasteiger partial charge on any atom is 0.230 e. The summed E-state index contributed by atoms with van der Waals surface area (Å²) >= 11 is 3.47. The summed E-state index contributed by atoms with van der Waals surface area (Å²) in [4.78, 5) is 12.8. The van der Waals surface area contributed by atoms with Gasteiger partial charge in [0.05, 0.1) is 5.41 Å². The fourth-order valence-electron chi connectivity index (χ4n) is 3.23. The van der Waals surface area contributed by atoms with Crippen molar-refractivity contribution in [2.24, 2.45) is 0 Å². The lowest BCUT2D eigenvalue weighted by molar-refractivity contribution is -0.126. The van der Waals surface area contributed by atoms with E-state index in [1.807, 2.05) is 12.1 Å². The second-order valence-corrected chi connectivity index (χ2v) is 6.88. The number of nitrogens with one attached hydrogen (secondary N) is 2. The van der Waals surface area contributed by atoms with Gasteiger partial charge < -0.3 is 10.6 Å². The predicted molar refractivity (Wildman–Crippen MR) is 90.4 cm³/mol. The molecule has 1 aromatic carbocycles. The summed E-state index contributed by atoms with van der Waals surface area (Å²) in [6, 6.07) is 8.54. The van der Waals surface area contributed by atoms with E-state index < -0.39 is 0 Å². The molecular weight excluding hydrogens is 328 g/mol. The van der Waals surface area contributed by atoms with Gasteiger partial charge in [-0.2, -0.15) is 0 Å². The standard InChI is InChI=1S/C17H25BrN2O/c1-3-19-13(2)12-20-16(21)17(10-4-5-11-17)14-6-8-15(18)9-7-14/h6-9,13,19H,3-5,10-12H2,1-2H3,(H,20,21)/t13-/m1/s1. The fraction of sp³-hybridized carbons (Fsp3) is 0.588. The second kappa shape index (κ2) is 7.41. The first-order chi connectivity index (χ1) is 10.1. The van der Waals surface area contributed by atoms with Crippen LogP contribution >= 0.6 is 15.9 Å². The summed E-state index contributed by atoms with van der Waals surface area (Å²) in [6.45, 7) is 5.79. The Hall–Kier alpha value is -0.870. The predicted octanol–water partition coefficient (Wildman–Crippen LogP) is 3.38. The Labute approximate surface area is 136 Å². The van der Waals surface area contributed by atoms with Gasteiger partial charge in [0.15, 0.2) is 0 Å². The van der Waals surface area contributed by atoms with Crippen LogP contribution in [0.25, 0.3) is 0 Å². The Balaban J connectivity index is 2.10. The van der Waals surface area contributed by atoms with Gasteiger partial charge in [-0.3, -0.25) is 4.79 Å². The quantitative estimate of drug-likeness (QED) is 0.823. The molecule has 4 heteroatoms. The Kier molecular flexibility index (Phi) is 5.82. The number of benzene rings is 1. The fourth-order valence-corrected chi connectivity index (χ4v) is 3.49. The molecule has 0 spiro atoms. The molecule has 0 unspecified atom stereocenters. The minimum atomic E-state index is -0.327. The topological polar surface area (TPSA) is 41.1 Å². The monoisotopic (exact) mass is 352 g/mol. The molecule has 0 aromatic heterocycles. The smallest absolute Gasteiger partial charge is 0.230 e. The number of halogens is 1. The third kappa shape index (κ3) is 3.86. The van der Waals surface area contributed by atoms with Gasteiger partial charge in [0, 0.05) is 17.1 Å². The highest BCUT2D eigenvalue weighted by Crippen LogP contribution is 2.41. The summed E-state index contributed by atoms with van der Waals surface area (Å²) in [6.07, 6.45) is 4.17. The minimum absolute atomic E-state index is 0.187. The van der Waals surface area contributed by atoms with Crippen LogP contribution in [0.15, 0.2) is 28.7 Å². The molecule has 0 aliphatic heterocycles. The van der Waals surface area contributed by atoms with Crippen molar-refractivity contribution in [3.8, 4) is 0 Å². The molecule has 0 heterocycles. The van der Waals surface area contributed by atoms with Gasteiger partial charge in [0.25, 0.3) is 0 Å². The molecule has 1 saturated carbocycles. The van der Waals surface area contributed by atoms with E-state index >= 15 is 0 Å². The van der Waals surface area contributed by atoms with Crippen LogP contribution in [0, 0.1) is 0 Å². The Morgan fingerprint density at radius 3 is 2.48 bits per heavy atom. The van der Waals surface area contributed by atoms with E-state index in [0.29, 0.717) is 12.6 Å². The van der Waals surface area contributed by atoms with Crippen LogP contribution < -0.4 is 10.6 Å². The number of rotatable bonds is 6. The van der Waals surface area contributed by atoms with Crippen molar-refractivity contribution in [2.75, 3.05) is 13.1 Å². The summed E-state index contributed by atoms with van der Waals surface area (Å²) < 4.78 is 1.06. The van der Waals surface area contributed by atoms with Crippen molar-refractivity contribution < 1.29 is 4.79 Å². The molecular formula is C17H25BrN2O. The van der Waals surface area contributed by atoms with E-state index in [9.17, 15) is 4.79 Å². The van der Waals surface area contributed by atoms with Gasteiger partial charge in [-0.1, -0.05) is 47.8 Å². The number of carbonyl (C=O) groups excluding carboxylic acids is 1. The van der Waals surface area contributed by atoms with Crippen molar-refractivity contribution in [2.45, 2.75) is 51.0 Å². The van der Waals surface area contributed by atoms with Crippen molar-refractivity contribution in [1.82, 2.24) is 10.6 Å². The zero-order chi connectivity index (χ0) is 15.3. The van der Waals surface area contributed by atoms with E-state index in [4.69, 9.17) is 0 Å². The van der Waals surface area contributed by atoms with Crippen molar-refractivity contribution >= 4 is 21.8 Å². The molecule has 3 nitrogen and oxygen atoms in total. The molecule has 1 atom stereocenters. The average molecular weight is 353 g/mol. The van der Waals surface area contributed by atoms with E-state index in [-0.39, 0.29) is 11.3 Å². The first-order valence-corrected chi connectivity index (χ1v) is 8.65.